The highest BCUT2D eigenvalue weighted by molar-refractivity contribution is 7.13. The van der Waals surface area contributed by atoms with Crippen LogP contribution in [0.2, 0.25) is 5.02 Å². The van der Waals surface area contributed by atoms with Gasteiger partial charge in [-0.25, -0.2) is 4.98 Å². The van der Waals surface area contributed by atoms with Crippen molar-refractivity contribution in [2.24, 2.45) is 0 Å². The molecular formula is C17H12ClN5O2S. The minimum Gasteiger partial charge on any atom is -0.334 e. The third kappa shape index (κ3) is 3.51. The molecule has 3 heterocycles. The Morgan fingerprint density at radius 1 is 1.27 bits per heavy atom. The van der Waals surface area contributed by atoms with E-state index in [1.807, 2.05) is 24.3 Å². The Labute approximate surface area is 157 Å². The molecule has 1 aromatic carbocycles. The molecule has 0 fully saturated rings. The van der Waals surface area contributed by atoms with Crippen molar-refractivity contribution in [1.29, 1.82) is 0 Å². The van der Waals surface area contributed by atoms with Crippen LogP contribution in [0, 0.1) is 0 Å². The number of carbonyl (C=O) groups is 1. The van der Waals surface area contributed by atoms with Crippen LogP contribution < -0.4 is 5.32 Å². The molecule has 0 aliphatic heterocycles. The van der Waals surface area contributed by atoms with Gasteiger partial charge in [-0.05, 0) is 36.4 Å². The molecule has 9 heteroatoms. The van der Waals surface area contributed by atoms with Crippen molar-refractivity contribution in [2.45, 2.75) is 6.54 Å². The normalized spacial score (nSPS) is 10.8. The molecule has 4 rings (SSSR count). The molecule has 1 amide bonds. The first-order chi connectivity index (χ1) is 12.7. The van der Waals surface area contributed by atoms with Crippen LogP contribution in [-0.4, -0.2) is 25.6 Å². The molecular weight excluding hydrogens is 374 g/mol. The second-order valence-corrected chi connectivity index (χ2v) is 6.67. The fraction of sp³-hybridized carbons (Fsp3) is 0.0588. The summed E-state index contributed by atoms with van der Waals surface area (Å²) in [4.78, 5) is 20.6. The van der Waals surface area contributed by atoms with Gasteiger partial charge in [-0.1, -0.05) is 16.8 Å². The summed E-state index contributed by atoms with van der Waals surface area (Å²) in [6.07, 6.45) is 3.42. The van der Waals surface area contributed by atoms with Gasteiger partial charge in [0.1, 0.15) is 12.2 Å². The summed E-state index contributed by atoms with van der Waals surface area (Å²) in [7, 11) is 0. The Morgan fingerprint density at radius 3 is 2.88 bits per heavy atom. The van der Waals surface area contributed by atoms with Gasteiger partial charge in [0.2, 0.25) is 11.7 Å². The number of nitrogens with one attached hydrogen (secondary N) is 1. The lowest BCUT2D eigenvalue weighted by atomic mass is 10.2. The lowest BCUT2D eigenvalue weighted by Gasteiger charge is -2.06. The van der Waals surface area contributed by atoms with Crippen molar-refractivity contribution in [3.63, 3.8) is 0 Å². The molecule has 4 aromatic rings. The summed E-state index contributed by atoms with van der Waals surface area (Å²) in [5.74, 6) is 0.605. The molecule has 0 radical (unpaired) electrons. The van der Waals surface area contributed by atoms with E-state index in [0.717, 1.165) is 5.56 Å². The zero-order valence-electron chi connectivity index (χ0n) is 13.3. The maximum absolute atomic E-state index is 12.2. The summed E-state index contributed by atoms with van der Waals surface area (Å²) < 4.78 is 7.10. The standard InChI is InChI=1S/C17H12ClN5O2S/c18-12-5-3-11(4-6-12)15-21-16(25-22-15)13-2-1-8-23(13)10-14(24)20-17-19-7-9-26-17/h1-9H,10H2,(H,19,20,24). The van der Waals surface area contributed by atoms with Gasteiger partial charge in [-0.2, -0.15) is 4.98 Å². The van der Waals surface area contributed by atoms with E-state index in [1.54, 1.807) is 34.5 Å². The van der Waals surface area contributed by atoms with Crippen molar-refractivity contribution in [1.82, 2.24) is 19.7 Å². The molecule has 0 spiro atoms. The summed E-state index contributed by atoms with van der Waals surface area (Å²) in [6.45, 7) is 0.112. The minimum absolute atomic E-state index is 0.112. The lowest BCUT2D eigenvalue weighted by Crippen LogP contribution is -2.18. The highest BCUT2D eigenvalue weighted by Crippen LogP contribution is 2.24. The van der Waals surface area contributed by atoms with E-state index in [9.17, 15) is 4.79 Å². The van der Waals surface area contributed by atoms with Crippen LogP contribution in [0.5, 0.6) is 0 Å². The third-order valence-corrected chi connectivity index (χ3v) is 4.51. The number of amides is 1. The van der Waals surface area contributed by atoms with Crippen molar-refractivity contribution in [3.05, 3.63) is 59.2 Å². The van der Waals surface area contributed by atoms with Crippen LogP contribution in [-0.2, 0) is 11.3 Å². The molecule has 0 atom stereocenters. The molecule has 7 nitrogen and oxygen atoms in total. The van der Waals surface area contributed by atoms with Crippen LogP contribution in [0.4, 0.5) is 5.13 Å². The SMILES string of the molecule is O=C(Cn1cccc1-c1nc(-c2ccc(Cl)cc2)no1)Nc1nccs1. The van der Waals surface area contributed by atoms with E-state index in [2.05, 4.69) is 20.4 Å². The number of anilines is 1. The predicted octanol–water partition coefficient (Wildman–Crippen LogP) is 3.95. The van der Waals surface area contributed by atoms with Crippen molar-refractivity contribution < 1.29 is 9.32 Å². The number of benzene rings is 1. The number of aromatic nitrogens is 4. The first kappa shape index (κ1) is 16.5. The third-order valence-electron chi connectivity index (χ3n) is 3.57. The topological polar surface area (TPSA) is 85.8 Å². The van der Waals surface area contributed by atoms with E-state index in [1.165, 1.54) is 11.3 Å². The predicted molar refractivity (Wildman–Crippen MR) is 98.9 cm³/mol. The summed E-state index contributed by atoms with van der Waals surface area (Å²) in [5, 5.41) is 9.74. The first-order valence-corrected chi connectivity index (χ1v) is 8.89. The van der Waals surface area contributed by atoms with Gasteiger partial charge in [0.05, 0.1) is 0 Å². The first-order valence-electron chi connectivity index (χ1n) is 7.63. The molecule has 130 valence electrons. The Hall–Kier alpha value is -2.97. The van der Waals surface area contributed by atoms with E-state index in [-0.39, 0.29) is 12.5 Å². The fourth-order valence-electron chi connectivity index (χ4n) is 2.39. The number of hydrogen-bond acceptors (Lipinski definition) is 6. The van der Waals surface area contributed by atoms with Gasteiger partial charge < -0.3 is 14.4 Å². The van der Waals surface area contributed by atoms with Gasteiger partial charge in [-0.3, -0.25) is 4.79 Å². The highest BCUT2D eigenvalue weighted by atomic mass is 35.5. The number of thiazole rings is 1. The monoisotopic (exact) mass is 385 g/mol. The zero-order valence-corrected chi connectivity index (χ0v) is 14.9. The van der Waals surface area contributed by atoms with Crippen LogP contribution in [0.25, 0.3) is 23.0 Å². The van der Waals surface area contributed by atoms with E-state index in [4.69, 9.17) is 16.1 Å². The van der Waals surface area contributed by atoms with E-state index < -0.39 is 0 Å². The van der Waals surface area contributed by atoms with Crippen molar-refractivity contribution in [2.75, 3.05) is 5.32 Å². The van der Waals surface area contributed by atoms with Gasteiger partial charge >= 0.3 is 0 Å². The molecule has 0 aliphatic carbocycles. The number of hydrogen-bond donors (Lipinski definition) is 1. The second-order valence-electron chi connectivity index (χ2n) is 5.34. The average Bonchev–Trinajstić information content (AvgIpc) is 3.36. The van der Waals surface area contributed by atoms with E-state index in [0.29, 0.717) is 27.6 Å². The molecule has 0 bridgehead atoms. The van der Waals surface area contributed by atoms with Crippen LogP contribution in [0.3, 0.4) is 0 Å². The molecule has 0 unspecified atom stereocenters. The highest BCUT2D eigenvalue weighted by Gasteiger charge is 2.16. The largest absolute Gasteiger partial charge is 0.334 e. The van der Waals surface area contributed by atoms with Gasteiger partial charge in [0, 0.05) is 28.4 Å². The number of rotatable bonds is 5. The molecule has 0 aliphatic rings. The summed E-state index contributed by atoms with van der Waals surface area (Å²) in [6, 6.07) is 10.8. The Morgan fingerprint density at radius 2 is 2.12 bits per heavy atom. The Bertz CT molecular complexity index is 1020. The van der Waals surface area contributed by atoms with Crippen molar-refractivity contribution in [3.8, 4) is 23.0 Å². The van der Waals surface area contributed by atoms with Gasteiger partial charge in [0.15, 0.2) is 5.13 Å². The molecule has 0 saturated heterocycles. The van der Waals surface area contributed by atoms with Crippen molar-refractivity contribution >= 4 is 34.0 Å². The number of nitrogens with zero attached hydrogens (tertiary/aromatic N) is 4. The maximum Gasteiger partial charge on any atom is 0.274 e. The van der Waals surface area contributed by atoms with Crippen LogP contribution in [0.15, 0.2) is 58.7 Å². The molecule has 26 heavy (non-hydrogen) atoms. The number of halogens is 1. The summed E-state index contributed by atoms with van der Waals surface area (Å²) in [5.41, 5.74) is 1.45. The van der Waals surface area contributed by atoms with Crippen LogP contribution >= 0.6 is 22.9 Å². The molecule has 0 saturated carbocycles. The Kier molecular flexibility index (Phi) is 4.51. The lowest BCUT2D eigenvalue weighted by molar-refractivity contribution is -0.116. The minimum atomic E-state index is -0.185. The van der Waals surface area contributed by atoms with Gasteiger partial charge in [-0.15, -0.1) is 11.3 Å². The summed E-state index contributed by atoms with van der Waals surface area (Å²) >= 11 is 7.26. The average molecular weight is 386 g/mol. The smallest absolute Gasteiger partial charge is 0.274 e. The number of carbonyl (C=O) groups excluding carboxylic acids is 1. The quantitative estimate of drug-likeness (QED) is 0.562. The van der Waals surface area contributed by atoms with Gasteiger partial charge in [0.25, 0.3) is 5.89 Å². The maximum atomic E-state index is 12.2. The molecule has 1 N–H and O–H groups in total. The fourth-order valence-corrected chi connectivity index (χ4v) is 3.06. The van der Waals surface area contributed by atoms with Crippen LogP contribution in [0.1, 0.15) is 0 Å². The van der Waals surface area contributed by atoms with E-state index >= 15 is 0 Å². The second kappa shape index (κ2) is 7.11. The zero-order chi connectivity index (χ0) is 17.9. The Balaban J connectivity index is 1.53. The molecule has 3 aromatic heterocycles.